The largest absolute Gasteiger partial charge is 0.312 e. The van der Waals surface area contributed by atoms with Crippen LogP contribution in [-0.4, -0.2) is 61.7 Å². The zero-order valence-electron chi connectivity index (χ0n) is 13.1. The molecule has 0 radical (unpaired) electrons. The Hall–Kier alpha value is -0.120. The molecule has 0 bridgehead atoms. The van der Waals surface area contributed by atoms with E-state index in [4.69, 9.17) is 0 Å². The molecule has 1 rings (SSSR count). The molecular formula is C15H33N3. The highest BCUT2D eigenvalue weighted by molar-refractivity contribution is 4.81. The first-order valence-electron chi connectivity index (χ1n) is 7.70. The molecule has 0 aromatic rings. The molecule has 0 saturated carbocycles. The van der Waals surface area contributed by atoms with Crippen LogP contribution in [0.25, 0.3) is 0 Å². The molecule has 3 heteroatoms. The molecule has 0 spiro atoms. The first-order valence-corrected chi connectivity index (χ1v) is 7.70. The van der Waals surface area contributed by atoms with Gasteiger partial charge in [-0.3, -0.25) is 4.90 Å². The van der Waals surface area contributed by atoms with Crippen LogP contribution >= 0.6 is 0 Å². The van der Waals surface area contributed by atoms with Gasteiger partial charge in [-0.25, -0.2) is 0 Å². The van der Waals surface area contributed by atoms with Crippen molar-refractivity contribution in [1.29, 1.82) is 0 Å². The van der Waals surface area contributed by atoms with Crippen molar-refractivity contribution in [1.82, 2.24) is 15.1 Å². The molecule has 108 valence electrons. The summed E-state index contributed by atoms with van der Waals surface area (Å²) in [6.07, 6.45) is 2.53. The fraction of sp³-hybridized carbons (Fsp3) is 1.00. The first kappa shape index (κ1) is 15.9. The first-order chi connectivity index (χ1) is 8.54. The summed E-state index contributed by atoms with van der Waals surface area (Å²) in [5.41, 5.74) is 0. The molecule has 1 aliphatic heterocycles. The normalized spacial score (nSPS) is 25.3. The van der Waals surface area contributed by atoms with E-state index in [2.05, 4.69) is 49.9 Å². The summed E-state index contributed by atoms with van der Waals surface area (Å²) in [5.74, 6) is 0.713. The van der Waals surface area contributed by atoms with E-state index in [1.807, 2.05) is 0 Å². The van der Waals surface area contributed by atoms with Crippen molar-refractivity contribution in [3.05, 3.63) is 0 Å². The fourth-order valence-corrected chi connectivity index (χ4v) is 2.79. The summed E-state index contributed by atoms with van der Waals surface area (Å²) in [5, 5.41) is 3.71. The number of rotatable bonds is 6. The second kappa shape index (κ2) is 8.13. The minimum atomic E-state index is 0.635. The predicted molar refractivity (Wildman–Crippen MR) is 80.1 cm³/mol. The Kier molecular flexibility index (Phi) is 7.20. The van der Waals surface area contributed by atoms with Crippen LogP contribution in [0.2, 0.25) is 0 Å². The lowest BCUT2D eigenvalue weighted by Gasteiger charge is -2.33. The molecule has 3 nitrogen and oxygen atoms in total. The van der Waals surface area contributed by atoms with Crippen LogP contribution in [0.5, 0.6) is 0 Å². The van der Waals surface area contributed by atoms with Crippen molar-refractivity contribution in [2.75, 3.05) is 39.8 Å². The van der Waals surface area contributed by atoms with E-state index in [0.717, 1.165) is 6.54 Å². The second-order valence-electron chi connectivity index (χ2n) is 6.26. The Balaban J connectivity index is 2.50. The predicted octanol–water partition coefficient (Wildman–Crippen LogP) is 2.04. The van der Waals surface area contributed by atoms with Crippen molar-refractivity contribution in [3.63, 3.8) is 0 Å². The maximum Gasteiger partial charge on any atom is 0.0218 e. The molecule has 18 heavy (non-hydrogen) atoms. The average Bonchev–Trinajstić information content (AvgIpc) is 2.45. The van der Waals surface area contributed by atoms with Gasteiger partial charge in [0.05, 0.1) is 0 Å². The van der Waals surface area contributed by atoms with Crippen LogP contribution in [0, 0.1) is 5.92 Å². The Morgan fingerprint density at radius 3 is 2.61 bits per heavy atom. The van der Waals surface area contributed by atoms with Crippen molar-refractivity contribution in [2.24, 2.45) is 5.92 Å². The fourth-order valence-electron chi connectivity index (χ4n) is 2.79. The summed E-state index contributed by atoms with van der Waals surface area (Å²) >= 11 is 0. The van der Waals surface area contributed by atoms with Gasteiger partial charge in [0.25, 0.3) is 0 Å². The Labute approximate surface area is 114 Å². The summed E-state index contributed by atoms with van der Waals surface area (Å²) in [6, 6.07) is 1.32. The Bertz CT molecular complexity index is 218. The van der Waals surface area contributed by atoms with Gasteiger partial charge < -0.3 is 10.2 Å². The lowest BCUT2D eigenvalue weighted by Crippen LogP contribution is -2.48. The van der Waals surface area contributed by atoms with E-state index in [0.29, 0.717) is 18.0 Å². The Morgan fingerprint density at radius 1 is 1.28 bits per heavy atom. The molecule has 1 aliphatic rings. The van der Waals surface area contributed by atoms with E-state index < -0.39 is 0 Å². The third-order valence-corrected chi connectivity index (χ3v) is 4.08. The van der Waals surface area contributed by atoms with Gasteiger partial charge in [0.15, 0.2) is 0 Å². The monoisotopic (exact) mass is 255 g/mol. The maximum atomic E-state index is 3.71. The smallest absolute Gasteiger partial charge is 0.0218 e. The highest BCUT2D eigenvalue weighted by Gasteiger charge is 2.23. The van der Waals surface area contributed by atoms with Gasteiger partial charge >= 0.3 is 0 Å². The summed E-state index contributed by atoms with van der Waals surface area (Å²) in [6.45, 7) is 15.3. The zero-order chi connectivity index (χ0) is 13.5. The van der Waals surface area contributed by atoms with Gasteiger partial charge in [-0.2, -0.15) is 0 Å². The highest BCUT2D eigenvalue weighted by Crippen LogP contribution is 2.12. The molecular weight excluding hydrogens is 222 g/mol. The molecule has 2 unspecified atom stereocenters. The minimum Gasteiger partial charge on any atom is -0.312 e. The third-order valence-electron chi connectivity index (χ3n) is 4.08. The number of hydrogen-bond donors (Lipinski definition) is 1. The SMILES string of the molecule is CCCNC(CN1CCCN(C)CC1C)C(C)C. The van der Waals surface area contributed by atoms with E-state index in [-0.39, 0.29) is 0 Å². The van der Waals surface area contributed by atoms with Crippen molar-refractivity contribution in [2.45, 2.75) is 52.6 Å². The van der Waals surface area contributed by atoms with Crippen LogP contribution in [0.4, 0.5) is 0 Å². The molecule has 0 aromatic heterocycles. The van der Waals surface area contributed by atoms with Crippen molar-refractivity contribution >= 4 is 0 Å². The van der Waals surface area contributed by atoms with Gasteiger partial charge in [-0.05, 0) is 52.4 Å². The molecule has 0 aliphatic carbocycles. The maximum absolute atomic E-state index is 3.71. The summed E-state index contributed by atoms with van der Waals surface area (Å²) in [4.78, 5) is 5.14. The quantitative estimate of drug-likeness (QED) is 0.783. The summed E-state index contributed by atoms with van der Waals surface area (Å²) < 4.78 is 0. The molecule has 0 aromatic carbocycles. The highest BCUT2D eigenvalue weighted by atomic mass is 15.2. The van der Waals surface area contributed by atoms with Gasteiger partial charge in [-0.15, -0.1) is 0 Å². The van der Waals surface area contributed by atoms with Crippen LogP contribution < -0.4 is 5.32 Å². The van der Waals surface area contributed by atoms with Gasteiger partial charge in [-0.1, -0.05) is 20.8 Å². The number of nitrogens with zero attached hydrogens (tertiary/aromatic N) is 2. The van der Waals surface area contributed by atoms with Gasteiger partial charge in [0, 0.05) is 25.2 Å². The Morgan fingerprint density at radius 2 is 2.00 bits per heavy atom. The molecule has 1 N–H and O–H groups in total. The third kappa shape index (κ3) is 5.25. The molecule has 0 amide bonds. The van der Waals surface area contributed by atoms with E-state index in [1.165, 1.54) is 39.0 Å². The van der Waals surface area contributed by atoms with Crippen LogP contribution in [-0.2, 0) is 0 Å². The minimum absolute atomic E-state index is 0.635. The second-order valence-corrected chi connectivity index (χ2v) is 6.26. The molecule has 1 saturated heterocycles. The van der Waals surface area contributed by atoms with Crippen molar-refractivity contribution in [3.8, 4) is 0 Å². The van der Waals surface area contributed by atoms with Crippen LogP contribution in [0.3, 0.4) is 0 Å². The topological polar surface area (TPSA) is 18.5 Å². The zero-order valence-corrected chi connectivity index (χ0v) is 13.1. The van der Waals surface area contributed by atoms with E-state index >= 15 is 0 Å². The lowest BCUT2D eigenvalue weighted by atomic mass is 10.0. The average molecular weight is 255 g/mol. The van der Waals surface area contributed by atoms with Crippen LogP contribution in [0.15, 0.2) is 0 Å². The van der Waals surface area contributed by atoms with E-state index in [1.54, 1.807) is 0 Å². The van der Waals surface area contributed by atoms with Crippen molar-refractivity contribution < 1.29 is 0 Å². The number of likely N-dealkylation sites (N-methyl/N-ethyl adjacent to an activating group) is 1. The summed E-state index contributed by atoms with van der Waals surface area (Å²) in [7, 11) is 2.25. The molecule has 2 atom stereocenters. The van der Waals surface area contributed by atoms with Gasteiger partial charge in [0.2, 0.25) is 0 Å². The van der Waals surface area contributed by atoms with Gasteiger partial charge in [0.1, 0.15) is 0 Å². The molecule has 1 heterocycles. The standard InChI is InChI=1S/C15H33N3/c1-6-8-16-15(13(2)3)12-18-10-7-9-17(5)11-14(18)4/h13-16H,6-12H2,1-5H3. The number of hydrogen-bond acceptors (Lipinski definition) is 3. The lowest BCUT2D eigenvalue weighted by molar-refractivity contribution is 0.168. The number of nitrogens with one attached hydrogen (secondary N) is 1. The van der Waals surface area contributed by atoms with E-state index in [9.17, 15) is 0 Å². The van der Waals surface area contributed by atoms with Crippen LogP contribution in [0.1, 0.15) is 40.5 Å². The molecule has 1 fully saturated rings.